The van der Waals surface area contributed by atoms with E-state index in [2.05, 4.69) is 64.6 Å². The Labute approximate surface area is 109 Å². The highest BCUT2D eigenvalue weighted by Gasteiger charge is 1.97. The normalized spacial score (nSPS) is 10.6. The van der Waals surface area contributed by atoms with Gasteiger partial charge in [-0.2, -0.15) is 0 Å². The van der Waals surface area contributed by atoms with Gasteiger partial charge >= 0.3 is 0 Å². The molecule has 0 saturated carbocycles. The smallest absolute Gasteiger partial charge is 0.0303 e. The Morgan fingerprint density at radius 3 is 2.44 bits per heavy atom. The maximum atomic E-state index is 3.45. The number of hydrogen-bond donors (Lipinski definition) is 1. The summed E-state index contributed by atoms with van der Waals surface area (Å²) in [5.41, 5.74) is 1.32. The van der Waals surface area contributed by atoms with Gasteiger partial charge in [0.1, 0.15) is 0 Å². The van der Waals surface area contributed by atoms with Crippen LogP contribution in [0, 0.1) is 6.92 Å². The largest absolute Gasteiger partial charge is 0.308 e. The SMILES string of the molecule is Cc1ccc(CNCc2ccc(Br)cc2)s1. The number of hydrogen-bond acceptors (Lipinski definition) is 2. The van der Waals surface area contributed by atoms with Crippen molar-refractivity contribution in [3.05, 3.63) is 56.2 Å². The first-order valence-electron chi connectivity index (χ1n) is 5.24. The predicted molar refractivity (Wildman–Crippen MR) is 73.7 cm³/mol. The summed E-state index contributed by atoms with van der Waals surface area (Å²) in [6, 6.07) is 12.8. The molecule has 0 bridgehead atoms. The third-order valence-electron chi connectivity index (χ3n) is 2.34. The average molecular weight is 296 g/mol. The maximum Gasteiger partial charge on any atom is 0.0303 e. The number of benzene rings is 1. The van der Waals surface area contributed by atoms with E-state index < -0.39 is 0 Å². The molecule has 0 saturated heterocycles. The minimum absolute atomic E-state index is 0.921. The molecule has 0 unspecified atom stereocenters. The summed E-state index contributed by atoms with van der Waals surface area (Å²) in [5.74, 6) is 0. The Balaban J connectivity index is 1.82. The molecule has 1 N–H and O–H groups in total. The number of thiophene rings is 1. The van der Waals surface area contributed by atoms with Crippen molar-refractivity contribution in [2.24, 2.45) is 0 Å². The second kappa shape index (κ2) is 5.62. The lowest BCUT2D eigenvalue weighted by atomic mass is 10.2. The van der Waals surface area contributed by atoms with Crippen molar-refractivity contribution in [2.45, 2.75) is 20.0 Å². The molecule has 0 atom stereocenters. The monoisotopic (exact) mass is 295 g/mol. The van der Waals surface area contributed by atoms with E-state index in [1.54, 1.807) is 0 Å². The molecule has 2 aromatic rings. The van der Waals surface area contributed by atoms with Gasteiger partial charge in [0, 0.05) is 27.3 Å². The van der Waals surface area contributed by atoms with E-state index >= 15 is 0 Å². The van der Waals surface area contributed by atoms with Gasteiger partial charge in [-0.1, -0.05) is 28.1 Å². The van der Waals surface area contributed by atoms with Gasteiger partial charge in [-0.3, -0.25) is 0 Å². The van der Waals surface area contributed by atoms with Crippen LogP contribution in [0.2, 0.25) is 0 Å². The quantitative estimate of drug-likeness (QED) is 0.895. The molecule has 1 nitrogen and oxygen atoms in total. The zero-order valence-corrected chi connectivity index (χ0v) is 11.6. The second-order valence-electron chi connectivity index (χ2n) is 3.74. The minimum atomic E-state index is 0.921. The minimum Gasteiger partial charge on any atom is -0.308 e. The molecule has 0 amide bonds. The Kier molecular flexibility index (Phi) is 4.16. The summed E-state index contributed by atoms with van der Waals surface area (Å²) in [4.78, 5) is 2.77. The molecule has 2 rings (SSSR count). The van der Waals surface area contributed by atoms with E-state index in [0.717, 1.165) is 17.6 Å². The fourth-order valence-electron chi connectivity index (χ4n) is 1.51. The van der Waals surface area contributed by atoms with Crippen LogP contribution in [0.3, 0.4) is 0 Å². The third-order valence-corrected chi connectivity index (χ3v) is 3.87. The molecule has 0 fully saturated rings. The summed E-state index contributed by atoms with van der Waals surface area (Å²) in [5, 5.41) is 3.45. The average Bonchev–Trinajstić information content (AvgIpc) is 2.67. The number of nitrogens with one attached hydrogen (secondary N) is 1. The van der Waals surface area contributed by atoms with Crippen LogP contribution in [0.4, 0.5) is 0 Å². The molecule has 0 aliphatic heterocycles. The highest BCUT2D eigenvalue weighted by molar-refractivity contribution is 9.10. The lowest BCUT2D eigenvalue weighted by Crippen LogP contribution is -2.11. The first-order valence-corrected chi connectivity index (χ1v) is 6.85. The fourth-order valence-corrected chi connectivity index (χ4v) is 2.64. The highest BCUT2D eigenvalue weighted by atomic mass is 79.9. The van der Waals surface area contributed by atoms with Gasteiger partial charge in [-0.25, -0.2) is 0 Å². The summed E-state index contributed by atoms with van der Waals surface area (Å²) >= 11 is 5.29. The van der Waals surface area contributed by atoms with Gasteiger partial charge in [0.25, 0.3) is 0 Å². The summed E-state index contributed by atoms with van der Waals surface area (Å²) in [6.45, 7) is 4.02. The van der Waals surface area contributed by atoms with E-state index in [4.69, 9.17) is 0 Å². The van der Waals surface area contributed by atoms with Crippen molar-refractivity contribution in [3.8, 4) is 0 Å². The van der Waals surface area contributed by atoms with E-state index in [0.29, 0.717) is 0 Å². The van der Waals surface area contributed by atoms with Crippen LogP contribution >= 0.6 is 27.3 Å². The molecular formula is C13H14BrNS. The van der Waals surface area contributed by atoms with Gasteiger partial charge in [0.05, 0.1) is 0 Å². The number of halogens is 1. The molecule has 1 aromatic carbocycles. The van der Waals surface area contributed by atoms with E-state index in [-0.39, 0.29) is 0 Å². The lowest BCUT2D eigenvalue weighted by Gasteiger charge is -2.03. The Morgan fingerprint density at radius 1 is 1.06 bits per heavy atom. The van der Waals surface area contributed by atoms with Crippen LogP contribution in [0.25, 0.3) is 0 Å². The van der Waals surface area contributed by atoms with Crippen molar-refractivity contribution in [1.82, 2.24) is 5.32 Å². The van der Waals surface area contributed by atoms with Crippen LogP contribution in [-0.4, -0.2) is 0 Å². The van der Waals surface area contributed by atoms with Crippen LogP contribution < -0.4 is 5.32 Å². The molecular weight excluding hydrogens is 282 g/mol. The molecule has 0 spiro atoms. The van der Waals surface area contributed by atoms with Crippen LogP contribution in [0.1, 0.15) is 15.3 Å². The topological polar surface area (TPSA) is 12.0 Å². The molecule has 1 aromatic heterocycles. The zero-order chi connectivity index (χ0) is 11.4. The Bertz CT molecular complexity index is 447. The Morgan fingerprint density at radius 2 is 1.81 bits per heavy atom. The van der Waals surface area contributed by atoms with E-state index in [1.165, 1.54) is 15.3 Å². The van der Waals surface area contributed by atoms with Gasteiger partial charge in [0.2, 0.25) is 0 Å². The third kappa shape index (κ3) is 3.44. The molecule has 0 aliphatic rings. The van der Waals surface area contributed by atoms with Crippen molar-refractivity contribution in [3.63, 3.8) is 0 Å². The van der Waals surface area contributed by atoms with Crippen molar-refractivity contribution >= 4 is 27.3 Å². The standard InChI is InChI=1S/C13H14BrNS/c1-10-2-7-13(16-10)9-15-8-11-3-5-12(14)6-4-11/h2-7,15H,8-9H2,1H3. The molecule has 0 radical (unpaired) electrons. The van der Waals surface area contributed by atoms with Gasteiger partial charge < -0.3 is 5.32 Å². The zero-order valence-electron chi connectivity index (χ0n) is 9.16. The van der Waals surface area contributed by atoms with Crippen LogP contribution in [0.5, 0.6) is 0 Å². The van der Waals surface area contributed by atoms with Crippen LogP contribution in [0.15, 0.2) is 40.9 Å². The van der Waals surface area contributed by atoms with Crippen LogP contribution in [-0.2, 0) is 13.1 Å². The Hall–Kier alpha value is -0.640. The van der Waals surface area contributed by atoms with Gasteiger partial charge in [-0.05, 0) is 36.8 Å². The molecule has 3 heteroatoms. The van der Waals surface area contributed by atoms with Gasteiger partial charge in [0.15, 0.2) is 0 Å². The van der Waals surface area contributed by atoms with Crippen molar-refractivity contribution < 1.29 is 0 Å². The summed E-state index contributed by atoms with van der Waals surface area (Å²) in [6.07, 6.45) is 0. The molecule has 16 heavy (non-hydrogen) atoms. The summed E-state index contributed by atoms with van der Waals surface area (Å²) in [7, 11) is 0. The lowest BCUT2D eigenvalue weighted by molar-refractivity contribution is 0.701. The predicted octanol–water partition coefficient (Wildman–Crippen LogP) is 4.11. The summed E-state index contributed by atoms with van der Waals surface area (Å²) < 4.78 is 1.13. The molecule has 1 heterocycles. The second-order valence-corrected chi connectivity index (χ2v) is 6.03. The fraction of sp³-hybridized carbons (Fsp3) is 0.231. The van der Waals surface area contributed by atoms with E-state index in [9.17, 15) is 0 Å². The highest BCUT2D eigenvalue weighted by Crippen LogP contribution is 2.15. The molecule has 84 valence electrons. The first kappa shape index (κ1) is 11.8. The number of aryl methyl sites for hydroxylation is 1. The molecule has 0 aliphatic carbocycles. The van der Waals surface area contributed by atoms with Gasteiger partial charge in [-0.15, -0.1) is 11.3 Å². The first-order chi connectivity index (χ1) is 7.74. The maximum absolute atomic E-state index is 3.45. The van der Waals surface area contributed by atoms with E-state index in [1.807, 2.05) is 11.3 Å². The van der Waals surface area contributed by atoms with Crippen molar-refractivity contribution in [2.75, 3.05) is 0 Å². The number of rotatable bonds is 4. The van der Waals surface area contributed by atoms with Crippen molar-refractivity contribution in [1.29, 1.82) is 0 Å².